The van der Waals surface area contributed by atoms with E-state index in [2.05, 4.69) is 185 Å². The number of nitrogens with zero attached hydrogens (tertiary/aromatic N) is 2. The second kappa shape index (κ2) is 11.5. The van der Waals surface area contributed by atoms with Crippen LogP contribution in [0.5, 0.6) is 0 Å². The molecule has 3 heterocycles. The predicted molar refractivity (Wildman–Crippen MR) is 221 cm³/mol. The van der Waals surface area contributed by atoms with Crippen LogP contribution in [-0.4, -0.2) is 4.57 Å². The number of aromatic nitrogens is 1. The lowest BCUT2D eigenvalue weighted by Crippen LogP contribution is -2.10. The Morgan fingerprint density at radius 1 is 0.423 bits per heavy atom. The van der Waals surface area contributed by atoms with Crippen LogP contribution in [0.2, 0.25) is 0 Å². The molecule has 0 saturated heterocycles. The quantitative estimate of drug-likeness (QED) is 0.180. The SMILES string of the molecule is c1ccc(-n2c3ccccc3c3ccc(-c4ccc(N(c5ccc6sc7ccccc7c6c5)c5cccc6c5oc5ccccc56)cc4)cc32)cc1. The van der Waals surface area contributed by atoms with E-state index < -0.39 is 0 Å². The fourth-order valence-corrected chi connectivity index (χ4v) is 9.08. The summed E-state index contributed by atoms with van der Waals surface area (Å²) in [6, 6.07) is 65.4. The summed E-state index contributed by atoms with van der Waals surface area (Å²) in [5, 5.41) is 7.29. The predicted octanol–water partition coefficient (Wildman–Crippen LogP) is 14.2. The topological polar surface area (TPSA) is 21.3 Å². The summed E-state index contributed by atoms with van der Waals surface area (Å²) < 4.78 is 11.6. The third-order valence-electron chi connectivity index (χ3n) is 10.4. The highest BCUT2D eigenvalue weighted by Gasteiger charge is 2.21. The van der Waals surface area contributed by atoms with Crippen molar-refractivity contribution in [3.05, 3.63) is 182 Å². The normalized spacial score (nSPS) is 11.8. The summed E-state index contributed by atoms with van der Waals surface area (Å²) in [6.45, 7) is 0. The number of fused-ring (bicyclic) bond motifs is 9. The molecule has 0 atom stereocenters. The third kappa shape index (κ3) is 4.45. The lowest BCUT2D eigenvalue weighted by atomic mass is 10.0. The summed E-state index contributed by atoms with van der Waals surface area (Å²) >= 11 is 1.84. The Kier molecular flexibility index (Phi) is 6.42. The van der Waals surface area contributed by atoms with Crippen molar-refractivity contribution >= 4 is 92.3 Å². The van der Waals surface area contributed by atoms with E-state index in [9.17, 15) is 0 Å². The minimum Gasteiger partial charge on any atom is -0.454 e. The first kappa shape index (κ1) is 29.1. The summed E-state index contributed by atoms with van der Waals surface area (Å²) in [5.41, 5.74) is 10.8. The van der Waals surface area contributed by atoms with Crippen LogP contribution in [-0.2, 0) is 0 Å². The van der Waals surface area contributed by atoms with Crippen molar-refractivity contribution < 1.29 is 4.42 Å². The first-order valence-corrected chi connectivity index (χ1v) is 18.4. The van der Waals surface area contributed by atoms with Crippen LogP contribution in [0.25, 0.3) is 80.7 Å². The number of hydrogen-bond donors (Lipinski definition) is 0. The highest BCUT2D eigenvalue weighted by atomic mass is 32.1. The Morgan fingerprint density at radius 3 is 1.98 bits per heavy atom. The van der Waals surface area contributed by atoms with Crippen molar-refractivity contribution in [3.8, 4) is 16.8 Å². The zero-order valence-corrected chi connectivity index (χ0v) is 28.8. The van der Waals surface area contributed by atoms with Crippen LogP contribution in [0.1, 0.15) is 0 Å². The molecule has 0 radical (unpaired) electrons. The zero-order chi connectivity index (χ0) is 34.2. The van der Waals surface area contributed by atoms with Gasteiger partial charge in [0.25, 0.3) is 0 Å². The van der Waals surface area contributed by atoms with Crippen molar-refractivity contribution in [1.82, 2.24) is 4.57 Å². The first-order chi connectivity index (χ1) is 25.8. The molecule has 0 spiro atoms. The first-order valence-electron chi connectivity index (χ1n) is 17.6. The van der Waals surface area contributed by atoms with Crippen molar-refractivity contribution in [3.63, 3.8) is 0 Å². The Bertz CT molecular complexity index is 3130. The molecule has 3 nitrogen and oxygen atoms in total. The number of thiophene rings is 1. The van der Waals surface area contributed by atoms with Gasteiger partial charge in [-0.05, 0) is 83.9 Å². The molecule has 0 aliphatic rings. The van der Waals surface area contributed by atoms with Crippen LogP contribution >= 0.6 is 11.3 Å². The molecule has 0 aliphatic carbocycles. The molecule has 244 valence electrons. The molecule has 8 aromatic carbocycles. The van der Waals surface area contributed by atoms with Gasteiger partial charge in [0.15, 0.2) is 5.58 Å². The highest BCUT2D eigenvalue weighted by molar-refractivity contribution is 7.25. The fraction of sp³-hybridized carbons (Fsp3) is 0. The Labute approximate surface area is 303 Å². The van der Waals surface area contributed by atoms with Gasteiger partial charge in [-0.25, -0.2) is 0 Å². The zero-order valence-electron chi connectivity index (χ0n) is 28.0. The summed E-state index contributed by atoms with van der Waals surface area (Å²) in [4.78, 5) is 2.34. The number of anilines is 3. The Morgan fingerprint density at radius 2 is 1.10 bits per heavy atom. The molecule has 4 heteroatoms. The third-order valence-corrected chi connectivity index (χ3v) is 11.5. The van der Waals surface area contributed by atoms with Crippen LogP contribution in [0, 0.1) is 0 Å². The molecular weight excluding hydrogens is 653 g/mol. The molecule has 52 heavy (non-hydrogen) atoms. The van der Waals surface area contributed by atoms with E-state index in [4.69, 9.17) is 4.42 Å². The number of rotatable bonds is 5. The lowest BCUT2D eigenvalue weighted by Gasteiger charge is -2.26. The number of benzene rings is 8. The van der Waals surface area contributed by atoms with Gasteiger partial charge in [0.1, 0.15) is 5.58 Å². The molecule has 0 bridgehead atoms. The van der Waals surface area contributed by atoms with E-state index in [0.29, 0.717) is 0 Å². The van der Waals surface area contributed by atoms with E-state index in [1.807, 2.05) is 17.4 Å². The van der Waals surface area contributed by atoms with E-state index in [0.717, 1.165) is 50.3 Å². The molecule has 0 aliphatic heterocycles. The van der Waals surface area contributed by atoms with Crippen LogP contribution in [0.3, 0.4) is 0 Å². The van der Waals surface area contributed by atoms with E-state index in [-0.39, 0.29) is 0 Å². The molecule has 0 unspecified atom stereocenters. The summed E-state index contributed by atoms with van der Waals surface area (Å²) in [7, 11) is 0. The van der Waals surface area contributed by atoms with Gasteiger partial charge in [0, 0.05) is 58.8 Å². The molecule has 11 rings (SSSR count). The summed E-state index contributed by atoms with van der Waals surface area (Å²) in [6.07, 6.45) is 0. The molecule has 0 fully saturated rings. The average Bonchev–Trinajstić information content (AvgIpc) is 3.88. The number of furan rings is 1. The number of para-hydroxylation sites is 4. The minimum atomic E-state index is 0.877. The second-order valence-corrected chi connectivity index (χ2v) is 14.4. The Hall–Kier alpha value is -6.62. The molecule has 0 saturated carbocycles. The Balaban J connectivity index is 1.08. The van der Waals surface area contributed by atoms with Gasteiger partial charge < -0.3 is 13.9 Å². The van der Waals surface area contributed by atoms with E-state index >= 15 is 0 Å². The van der Waals surface area contributed by atoms with Crippen molar-refractivity contribution in [2.24, 2.45) is 0 Å². The highest BCUT2D eigenvalue weighted by Crippen LogP contribution is 2.45. The largest absolute Gasteiger partial charge is 0.454 e. The van der Waals surface area contributed by atoms with Crippen LogP contribution < -0.4 is 4.90 Å². The average molecular weight is 683 g/mol. The maximum atomic E-state index is 6.61. The molecule has 11 aromatic rings. The lowest BCUT2D eigenvalue weighted by molar-refractivity contribution is 0.669. The minimum absolute atomic E-state index is 0.877. The molecule has 0 amide bonds. The van der Waals surface area contributed by atoms with Crippen molar-refractivity contribution in [1.29, 1.82) is 0 Å². The van der Waals surface area contributed by atoms with E-state index in [1.54, 1.807) is 0 Å². The van der Waals surface area contributed by atoms with Gasteiger partial charge in [-0.3, -0.25) is 0 Å². The van der Waals surface area contributed by atoms with Gasteiger partial charge in [0.2, 0.25) is 0 Å². The van der Waals surface area contributed by atoms with Gasteiger partial charge in [-0.2, -0.15) is 0 Å². The van der Waals surface area contributed by atoms with Crippen molar-refractivity contribution in [2.45, 2.75) is 0 Å². The number of hydrogen-bond acceptors (Lipinski definition) is 3. The fourth-order valence-electron chi connectivity index (χ4n) is 8.00. The summed E-state index contributed by atoms with van der Waals surface area (Å²) in [5.74, 6) is 0. The van der Waals surface area contributed by atoms with Gasteiger partial charge >= 0.3 is 0 Å². The van der Waals surface area contributed by atoms with Gasteiger partial charge in [-0.15, -0.1) is 11.3 Å². The van der Waals surface area contributed by atoms with Gasteiger partial charge in [-0.1, -0.05) is 109 Å². The maximum Gasteiger partial charge on any atom is 0.159 e. The standard InChI is InChI=1S/C48H30N2OS/c1-2-11-33(12-3-1)50-42-17-7-4-13-36(42)37-27-23-32(29-44(37)50)31-21-24-34(25-22-31)49(35-26-28-47-41(30-35)39-15-6-9-20-46(39)52-47)43-18-10-16-40-38-14-5-8-19-45(38)51-48(40)43/h1-30H. The van der Waals surface area contributed by atoms with Crippen LogP contribution in [0.4, 0.5) is 17.1 Å². The molecular formula is C48H30N2OS. The van der Waals surface area contributed by atoms with E-state index in [1.165, 1.54) is 47.5 Å². The van der Waals surface area contributed by atoms with Crippen molar-refractivity contribution in [2.75, 3.05) is 4.90 Å². The maximum absolute atomic E-state index is 6.61. The smallest absolute Gasteiger partial charge is 0.159 e. The van der Waals surface area contributed by atoms with Gasteiger partial charge in [0.05, 0.1) is 16.7 Å². The van der Waals surface area contributed by atoms with Crippen LogP contribution in [0.15, 0.2) is 186 Å². The molecule has 3 aromatic heterocycles. The molecule has 0 N–H and O–H groups in total. The second-order valence-electron chi connectivity index (χ2n) is 13.3. The monoisotopic (exact) mass is 682 g/mol.